The highest BCUT2D eigenvalue weighted by Gasteiger charge is 2.10. The number of benzene rings is 1. The second-order valence-corrected chi connectivity index (χ2v) is 3.64. The van der Waals surface area contributed by atoms with Crippen LogP contribution in [0.4, 0.5) is 0 Å². The van der Waals surface area contributed by atoms with Crippen LogP contribution >= 0.6 is 11.6 Å². The standard InChI is InChI=1S/C11H10ClNO/c1-7-11(8(2)14-13-7)9-3-5-10(12)6-4-9/h3-6H,1-2H3. The van der Waals surface area contributed by atoms with E-state index in [0.717, 1.165) is 27.6 Å². The Morgan fingerprint density at radius 2 is 1.79 bits per heavy atom. The van der Waals surface area contributed by atoms with Gasteiger partial charge in [0.1, 0.15) is 5.76 Å². The topological polar surface area (TPSA) is 26.0 Å². The molecule has 1 heterocycles. The number of aryl methyl sites for hydroxylation is 2. The van der Waals surface area contributed by atoms with Crippen molar-refractivity contribution in [2.75, 3.05) is 0 Å². The van der Waals surface area contributed by atoms with Gasteiger partial charge in [0.15, 0.2) is 0 Å². The van der Waals surface area contributed by atoms with Gasteiger partial charge in [0, 0.05) is 10.6 Å². The van der Waals surface area contributed by atoms with Gasteiger partial charge in [-0.3, -0.25) is 0 Å². The Kier molecular flexibility index (Phi) is 2.30. The van der Waals surface area contributed by atoms with Crippen molar-refractivity contribution >= 4 is 11.6 Å². The van der Waals surface area contributed by atoms with Crippen LogP contribution < -0.4 is 0 Å². The molecular weight excluding hydrogens is 198 g/mol. The van der Waals surface area contributed by atoms with Gasteiger partial charge >= 0.3 is 0 Å². The van der Waals surface area contributed by atoms with E-state index in [-0.39, 0.29) is 0 Å². The monoisotopic (exact) mass is 207 g/mol. The summed E-state index contributed by atoms with van der Waals surface area (Å²) >= 11 is 5.81. The molecular formula is C11H10ClNO. The summed E-state index contributed by atoms with van der Waals surface area (Å²) in [5.74, 6) is 0.838. The van der Waals surface area contributed by atoms with Gasteiger partial charge in [0.05, 0.1) is 5.69 Å². The summed E-state index contributed by atoms with van der Waals surface area (Å²) in [6.07, 6.45) is 0. The Hall–Kier alpha value is -1.28. The zero-order chi connectivity index (χ0) is 10.1. The average Bonchev–Trinajstić information content (AvgIpc) is 2.49. The molecule has 2 aromatic rings. The summed E-state index contributed by atoms with van der Waals surface area (Å²) in [6, 6.07) is 7.66. The molecule has 0 aliphatic carbocycles. The van der Waals surface area contributed by atoms with Gasteiger partial charge in [-0.05, 0) is 31.5 Å². The van der Waals surface area contributed by atoms with Crippen LogP contribution in [-0.2, 0) is 0 Å². The lowest BCUT2D eigenvalue weighted by atomic mass is 10.0. The number of rotatable bonds is 1. The highest BCUT2D eigenvalue weighted by molar-refractivity contribution is 6.30. The first-order valence-corrected chi connectivity index (χ1v) is 4.75. The fourth-order valence-electron chi connectivity index (χ4n) is 1.51. The summed E-state index contributed by atoms with van der Waals surface area (Å²) in [7, 11) is 0. The molecule has 0 atom stereocenters. The molecule has 1 aromatic carbocycles. The van der Waals surface area contributed by atoms with Gasteiger partial charge in [-0.2, -0.15) is 0 Å². The molecule has 2 nitrogen and oxygen atoms in total. The molecule has 3 heteroatoms. The Balaban J connectivity index is 2.54. The van der Waals surface area contributed by atoms with Crippen molar-refractivity contribution in [1.82, 2.24) is 5.16 Å². The third-order valence-electron chi connectivity index (χ3n) is 2.17. The molecule has 0 aliphatic heterocycles. The molecule has 0 spiro atoms. The molecule has 2 rings (SSSR count). The Morgan fingerprint density at radius 1 is 1.14 bits per heavy atom. The van der Waals surface area contributed by atoms with E-state index in [9.17, 15) is 0 Å². The molecule has 14 heavy (non-hydrogen) atoms. The maximum absolute atomic E-state index is 5.81. The van der Waals surface area contributed by atoms with Crippen LogP contribution in [0, 0.1) is 13.8 Å². The lowest BCUT2D eigenvalue weighted by Gasteiger charge is -1.99. The Bertz CT molecular complexity index is 425. The molecule has 0 aliphatic rings. The minimum atomic E-state index is 0.737. The molecule has 0 fully saturated rings. The van der Waals surface area contributed by atoms with Crippen molar-refractivity contribution in [1.29, 1.82) is 0 Å². The Labute approximate surface area is 87.5 Å². The number of hydrogen-bond acceptors (Lipinski definition) is 2. The first-order chi connectivity index (χ1) is 6.68. The summed E-state index contributed by atoms with van der Waals surface area (Å²) in [5, 5.41) is 4.64. The molecule has 1 aromatic heterocycles. The van der Waals surface area contributed by atoms with E-state index in [4.69, 9.17) is 16.1 Å². The van der Waals surface area contributed by atoms with Crippen molar-refractivity contribution in [2.45, 2.75) is 13.8 Å². The number of aromatic nitrogens is 1. The van der Waals surface area contributed by atoms with Crippen LogP contribution in [0.15, 0.2) is 28.8 Å². The van der Waals surface area contributed by atoms with Gasteiger partial charge in [-0.15, -0.1) is 0 Å². The van der Waals surface area contributed by atoms with E-state index in [1.807, 2.05) is 38.1 Å². The van der Waals surface area contributed by atoms with E-state index >= 15 is 0 Å². The van der Waals surface area contributed by atoms with Crippen LogP contribution in [0.5, 0.6) is 0 Å². The normalized spacial score (nSPS) is 10.5. The highest BCUT2D eigenvalue weighted by atomic mass is 35.5. The molecule has 0 radical (unpaired) electrons. The van der Waals surface area contributed by atoms with E-state index in [0.29, 0.717) is 0 Å². The van der Waals surface area contributed by atoms with Crippen LogP contribution in [0.25, 0.3) is 11.1 Å². The van der Waals surface area contributed by atoms with Crippen molar-refractivity contribution in [2.24, 2.45) is 0 Å². The van der Waals surface area contributed by atoms with Crippen molar-refractivity contribution < 1.29 is 4.52 Å². The molecule has 0 bridgehead atoms. The third-order valence-corrected chi connectivity index (χ3v) is 2.42. The van der Waals surface area contributed by atoms with Gasteiger partial charge in [0.25, 0.3) is 0 Å². The Morgan fingerprint density at radius 3 is 2.29 bits per heavy atom. The lowest BCUT2D eigenvalue weighted by Crippen LogP contribution is -1.80. The fourth-order valence-corrected chi connectivity index (χ4v) is 1.64. The minimum absolute atomic E-state index is 0.737. The number of halogens is 1. The van der Waals surface area contributed by atoms with Gasteiger partial charge < -0.3 is 4.52 Å². The lowest BCUT2D eigenvalue weighted by molar-refractivity contribution is 0.393. The van der Waals surface area contributed by atoms with Crippen molar-refractivity contribution in [3.63, 3.8) is 0 Å². The second-order valence-electron chi connectivity index (χ2n) is 3.21. The molecule has 0 amide bonds. The predicted octanol–water partition coefficient (Wildman–Crippen LogP) is 3.61. The van der Waals surface area contributed by atoms with E-state index in [1.165, 1.54) is 0 Å². The van der Waals surface area contributed by atoms with Crippen LogP contribution in [0.1, 0.15) is 11.5 Å². The smallest absolute Gasteiger partial charge is 0.141 e. The molecule has 0 saturated heterocycles. The van der Waals surface area contributed by atoms with E-state index in [2.05, 4.69) is 5.16 Å². The number of nitrogens with zero attached hydrogens (tertiary/aromatic N) is 1. The van der Waals surface area contributed by atoms with Gasteiger partial charge in [-0.25, -0.2) is 0 Å². The number of hydrogen-bond donors (Lipinski definition) is 0. The highest BCUT2D eigenvalue weighted by Crippen LogP contribution is 2.27. The van der Waals surface area contributed by atoms with Gasteiger partial charge in [-0.1, -0.05) is 28.9 Å². The second kappa shape index (κ2) is 3.46. The summed E-state index contributed by atoms with van der Waals surface area (Å²) in [5.41, 5.74) is 3.05. The molecule has 0 saturated carbocycles. The predicted molar refractivity (Wildman–Crippen MR) is 56.4 cm³/mol. The summed E-state index contributed by atoms with van der Waals surface area (Å²) in [4.78, 5) is 0. The average molecular weight is 208 g/mol. The van der Waals surface area contributed by atoms with Crippen molar-refractivity contribution in [3.05, 3.63) is 40.7 Å². The minimum Gasteiger partial charge on any atom is -0.361 e. The molecule has 0 unspecified atom stereocenters. The fraction of sp³-hybridized carbons (Fsp3) is 0.182. The first kappa shape index (κ1) is 9.28. The quantitative estimate of drug-likeness (QED) is 0.714. The maximum atomic E-state index is 5.81. The zero-order valence-corrected chi connectivity index (χ0v) is 8.80. The first-order valence-electron chi connectivity index (χ1n) is 4.37. The molecule has 0 N–H and O–H groups in total. The largest absolute Gasteiger partial charge is 0.361 e. The van der Waals surface area contributed by atoms with Crippen LogP contribution in [0.2, 0.25) is 5.02 Å². The van der Waals surface area contributed by atoms with Crippen LogP contribution in [-0.4, -0.2) is 5.16 Å². The summed E-state index contributed by atoms with van der Waals surface area (Å²) in [6.45, 7) is 3.84. The van der Waals surface area contributed by atoms with Crippen molar-refractivity contribution in [3.8, 4) is 11.1 Å². The third kappa shape index (κ3) is 1.53. The molecule has 72 valence electrons. The SMILES string of the molecule is Cc1noc(C)c1-c1ccc(Cl)cc1. The van der Waals surface area contributed by atoms with E-state index < -0.39 is 0 Å². The van der Waals surface area contributed by atoms with E-state index in [1.54, 1.807) is 0 Å². The maximum Gasteiger partial charge on any atom is 0.141 e. The summed E-state index contributed by atoms with van der Waals surface area (Å²) < 4.78 is 5.10. The zero-order valence-electron chi connectivity index (χ0n) is 8.04. The van der Waals surface area contributed by atoms with Gasteiger partial charge in [0.2, 0.25) is 0 Å². The van der Waals surface area contributed by atoms with Crippen LogP contribution in [0.3, 0.4) is 0 Å².